The first-order valence-electron chi connectivity index (χ1n) is 11.6. The fraction of sp³-hybridized carbons (Fsp3) is 0.692. The first-order chi connectivity index (χ1) is 14.5. The van der Waals surface area contributed by atoms with Crippen molar-refractivity contribution in [2.45, 2.75) is 76.6 Å². The van der Waals surface area contributed by atoms with Crippen molar-refractivity contribution in [1.29, 1.82) is 0 Å². The molecule has 0 radical (unpaired) electrons. The molecule has 31 heavy (non-hydrogen) atoms. The van der Waals surface area contributed by atoms with Crippen LogP contribution in [0.1, 0.15) is 65.7 Å². The van der Waals surface area contributed by atoms with Crippen LogP contribution in [-0.2, 0) is 9.59 Å². The van der Waals surface area contributed by atoms with Crippen molar-refractivity contribution in [1.82, 2.24) is 0 Å². The molecule has 0 bridgehead atoms. The number of carbonyl (C=O) groups excluding carboxylic acids is 2. The molecule has 0 aromatic heterocycles. The number of aliphatic hydroxyl groups is 2. The highest BCUT2D eigenvalue weighted by Gasteiger charge is 2.68. The lowest BCUT2D eigenvalue weighted by Gasteiger charge is -2.61. The molecule has 5 heteroatoms. The van der Waals surface area contributed by atoms with Crippen LogP contribution in [0.5, 0.6) is 0 Å². The van der Waals surface area contributed by atoms with E-state index in [1.54, 1.807) is 6.92 Å². The van der Waals surface area contributed by atoms with Gasteiger partial charge in [-0.3, -0.25) is 9.59 Å². The summed E-state index contributed by atoms with van der Waals surface area (Å²) in [4.78, 5) is 24.5. The monoisotopic (exact) mass is 444 g/mol. The molecule has 0 aliphatic heterocycles. The van der Waals surface area contributed by atoms with Crippen molar-refractivity contribution in [3.05, 3.63) is 36.0 Å². The number of ketones is 1. The largest absolute Gasteiger partial charge is 0.396 e. The van der Waals surface area contributed by atoms with Crippen LogP contribution in [0.4, 0.5) is 0 Å². The van der Waals surface area contributed by atoms with Crippen molar-refractivity contribution >= 4 is 22.7 Å². The second kappa shape index (κ2) is 7.71. The van der Waals surface area contributed by atoms with Crippen molar-refractivity contribution < 1.29 is 19.8 Å². The highest BCUT2D eigenvalue weighted by atomic mass is 32.2. The van der Waals surface area contributed by atoms with Gasteiger partial charge in [0.1, 0.15) is 0 Å². The minimum absolute atomic E-state index is 0.0396. The summed E-state index contributed by atoms with van der Waals surface area (Å²) in [6, 6.07) is 0. The molecule has 4 nitrogen and oxygen atoms in total. The van der Waals surface area contributed by atoms with Gasteiger partial charge in [-0.1, -0.05) is 44.3 Å². The number of thioether (sulfide) groups is 1. The number of carbonyl (C=O) groups is 2. The quantitative estimate of drug-likeness (QED) is 0.662. The lowest BCUT2D eigenvalue weighted by atomic mass is 9.46. The Morgan fingerprint density at radius 3 is 2.65 bits per heavy atom. The lowest BCUT2D eigenvalue weighted by Crippen LogP contribution is -2.58. The zero-order valence-electron chi connectivity index (χ0n) is 19.1. The van der Waals surface area contributed by atoms with Crippen LogP contribution < -0.4 is 0 Å². The normalized spacial score (nSPS) is 44.4. The predicted molar refractivity (Wildman–Crippen MR) is 124 cm³/mol. The van der Waals surface area contributed by atoms with Gasteiger partial charge >= 0.3 is 0 Å². The summed E-state index contributed by atoms with van der Waals surface area (Å²) < 4.78 is 0. The Hall–Kier alpha value is -1.17. The van der Waals surface area contributed by atoms with Gasteiger partial charge < -0.3 is 10.2 Å². The van der Waals surface area contributed by atoms with E-state index in [9.17, 15) is 19.8 Å². The third-order valence-corrected chi connectivity index (χ3v) is 10.5. The van der Waals surface area contributed by atoms with E-state index in [1.807, 2.05) is 6.08 Å². The van der Waals surface area contributed by atoms with Crippen molar-refractivity contribution in [2.75, 3.05) is 6.61 Å². The van der Waals surface area contributed by atoms with Crippen molar-refractivity contribution in [3.63, 3.8) is 0 Å². The van der Waals surface area contributed by atoms with Gasteiger partial charge in [-0.25, -0.2) is 0 Å². The lowest BCUT2D eigenvalue weighted by molar-refractivity contribution is -0.123. The molecule has 4 aliphatic carbocycles. The first kappa shape index (κ1) is 23.0. The molecule has 0 aromatic carbocycles. The van der Waals surface area contributed by atoms with E-state index in [0.29, 0.717) is 30.8 Å². The van der Waals surface area contributed by atoms with E-state index < -0.39 is 11.0 Å². The van der Waals surface area contributed by atoms with Gasteiger partial charge in [0.05, 0.1) is 5.60 Å². The Balaban J connectivity index is 1.82. The molecule has 7 atom stereocenters. The maximum Gasteiger partial charge on any atom is 0.186 e. The summed E-state index contributed by atoms with van der Waals surface area (Å²) in [5, 5.41) is 21.5. The summed E-state index contributed by atoms with van der Waals surface area (Å²) in [7, 11) is 0. The van der Waals surface area contributed by atoms with E-state index in [2.05, 4.69) is 27.0 Å². The smallest absolute Gasteiger partial charge is 0.186 e. The van der Waals surface area contributed by atoms with Crippen LogP contribution in [-0.4, -0.2) is 38.6 Å². The van der Waals surface area contributed by atoms with Gasteiger partial charge in [0.15, 0.2) is 10.9 Å². The molecule has 3 fully saturated rings. The Bertz CT molecular complexity index is 875. The number of fused-ring (bicyclic) bond motifs is 5. The van der Waals surface area contributed by atoms with E-state index in [1.165, 1.54) is 17.3 Å². The maximum atomic E-state index is 12.2. The van der Waals surface area contributed by atoms with Crippen LogP contribution in [0, 0.1) is 28.6 Å². The molecular weight excluding hydrogens is 408 g/mol. The first-order valence-corrected chi connectivity index (χ1v) is 12.5. The van der Waals surface area contributed by atoms with Gasteiger partial charge in [-0.15, -0.1) is 0 Å². The zero-order valence-corrected chi connectivity index (χ0v) is 19.9. The van der Waals surface area contributed by atoms with E-state index in [4.69, 9.17) is 0 Å². The molecule has 3 saturated carbocycles. The Kier molecular flexibility index (Phi) is 5.72. The van der Waals surface area contributed by atoms with Crippen molar-refractivity contribution in [3.8, 4) is 0 Å². The molecule has 0 heterocycles. The average Bonchev–Trinajstić information content (AvgIpc) is 2.85. The number of hydrogen-bond acceptors (Lipinski definition) is 5. The summed E-state index contributed by atoms with van der Waals surface area (Å²) in [5.74, 6) is 0.807. The highest BCUT2D eigenvalue weighted by molar-refractivity contribution is 8.14. The summed E-state index contributed by atoms with van der Waals surface area (Å²) in [6.45, 7) is 14.8. The van der Waals surface area contributed by atoms with Gasteiger partial charge in [-0.05, 0) is 78.9 Å². The topological polar surface area (TPSA) is 74.6 Å². The standard InChI is InChI=1S/C26H36O4S/c1-15-16(2)26(30,9-6-12-27)25(5)11-8-20-22(23(15)25)21(31-17(3)28)14-18-13-19(29)7-10-24(18,20)4/h13,20-23,27,30H,1-2,6-12,14H2,3-5H3/t20-,21?,22+,23+,24+,25+,26?/m1/s1. The highest BCUT2D eigenvalue weighted by Crippen LogP contribution is 2.71. The van der Waals surface area contributed by atoms with Crippen LogP contribution in [0.3, 0.4) is 0 Å². The third kappa shape index (κ3) is 3.18. The zero-order chi connectivity index (χ0) is 22.8. The summed E-state index contributed by atoms with van der Waals surface area (Å²) in [6.07, 6.45) is 6.87. The molecule has 0 spiro atoms. The SMILES string of the molecule is C=C1C(=C)C(O)(CCCO)[C@@]2(C)CC[C@@H]3[C@@H](C(SC(C)=O)CC4=CC(=O)CC[C@@]43C)[C@H]12. The Morgan fingerprint density at radius 1 is 1.29 bits per heavy atom. The molecular formula is C26H36O4S. The van der Waals surface area contributed by atoms with Crippen LogP contribution in [0.25, 0.3) is 0 Å². The summed E-state index contributed by atoms with van der Waals surface area (Å²) >= 11 is 1.40. The Morgan fingerprint density at radius 2 is 2.00 bits per heavy atom. The molecule has 170 valence electrons. The molecule has 0 aromatic rings. The molecule has 4 rings (SSSR count). The third-order valence-electron chi connectivity index (χ3n) is 9.36. The van der Waals surface area contributed by atoms with Crippen LogP contribution in [0.15, 0.2) is 36.0 Å². The molecule has 4 aliphatic rings. The minimum Gasteiger partial charge on any atom is -0.396 e. The second-order valence-corrected chi connectivity index (χ2v) is 12.1. The number of hydrogen-bond donors (Lipinski definition) is 2. The predicted octanol–water partition coefficient (Wildman–Crippen LogP) is 4.61. The molecule has 2 N–H and O–H groups in total. The van der Waals surface area contributed by atoms with Crippen LogP contribution in [0.2, 0.25) is 0 Å². The maximum absolute atomic E-state index is 12.2. The van der Waals surface area contributed by atoms with Crippen molar-refractivity contribution in [2.24, 2.45) is 28.6 Å². The number of aliphatic hydroxyl groups excluding tert-OH is 1. The van der Waals surface area contributed by atoms with Gasteiger partial charge in [0.25, 0.3) is 0 Å². The minimum atomic E-state index is -1.08. The van der Waals surface area contributed by atoms with E-state index in [-0.39, 0.29) is 40.0 Å². The molecule has 0 saturated heterocycles. The van der Waals surface area contributed by atoms with Crippen LogP contribution >= 0.6 is 11.8 Å². The van der Waals surface area contributed by atoms with E-state index >= 15 is 0 Å². The van der Waals surface area contributed by atoms with Gasteiger partial charge in [0, 0.05) is 30.6 Å². The molecule has 0 amide bonds. The van der Waals surface area contributed by atoms with Gasteiger partial charge in [-0.2, -0.15) is 0 Å². The summed E-state index contributed by atoms with van der Waals surface area (Å²) in [5.41, 5.74) is 1.33. The number of rotatable bonds is 4. The van der Waals surface area contributed by atoms with E-state index in [0.717, 1.165) is 31.3 Å². The fourth-order valence-corrected chi connectivity index (χ4v) is 8.90. The fourth-order valence-electron chi connectivity index (χ4n) is 7.70. The number of allylic oxidation sites excluding steroid dienone is 1. The van der Waals surface area contributed by atoms with Gasteiger partial charge in [0.2, 0.25) is 0 Å². The average molecular weight is 445 g/mol. The second-order valence-electron chi connectivity index (χ2n) is 10.7. The molecule has 2 unspecified atom stereocenters. The Labute approximate surface area is 190 Å².